The Hall–Kier alpha value is -3.81. The van der Waals surface area contributed by atoms with Crippen LogP contribution in [0.4, 0.5) is 0 Å². The highest BCUT2D eigenvalue weighted by Gasteiger charge is 2.21. The lowest BCUT2D eigenvalue weighted by molar-refractivity contribution is 0.0593. The van der Waals surface area contributed by atoms with E-state index in [0.717, 1.165) is 34.4 Å². The van der Waals surface area contributed by atoms with Gasteiger partial charge in [-0.1, -0.05) is 6.07 Å². The first-order chi connectivity index (χ1) is 14.6. The van der Waals surface area contributed by atoms with Gasteiger partial charge in [0.25, 0.3) is 0 Å². The van der Waals surface area contributed by atoms with E-state index in [1.165, 1.54) is 21.3 Å². The molecule has 0 radical (unpaired) electrons. The standard InChI is InChI=1S/C22H22N4O4/c1-5-25-12-15(11-24-25)14-6-7-18-17(8-14)23-13-26(18)16-9-19(28-2)21(22(27)30-4)20(10-16)29-3/h6-13H,5H2,1-4H3. The molecule has 0 aliphatic heterocycles. The van der Waals surface area contributed by atoms with Gasteiger partial charge >= 0.3 is 5.97 Å². The van der Waals surface area contributed by atoms with E-state index in [9.17, 15) is 4.79 Å². The summed E-state index contributed by atoms with van der Waals surface area (Å²) >= 11 is 0. The Balaban J connectivity index is 1.80. The fourth-order valence-electron chi connectivity index (χ4n) is 3.42. The summed E-state index contributed by atoms with van der Waals surface area (Å²) in [5.41, 5.74) is 4.84. The zero-order chi connectivity index (χ0) is 21.3. The van der Waals surface area contributed by atoms with E-state index < -0.39 is 5.97 Å². The predicted octanol–water partition coefficient (Wildman–Crippen LogP) is 3.71. The maximum atomic E-state index is 12.2. The van der Waals surface area contributed by atoms with Gasteiger partial charge in [0.05, 0.1) is 44.2 Å². The van der Waals surface area contributed by atoms with Gasteiger partial charge in [0.15, 0.2) is 0 Å². The summed E-state index contributed by atoms with van der Waals surface area (Å²) in [4.78, 5) is 16.7. The van der Waals surface area contributed by atoms with Gasteiger partial charge in [-0.3, -0.25) is 9.25 Å². The van der Waals surface area contributed by atoms with Crippen LogP contribution in [0.1, 0.15) is 17.3 Å². The maximum absolute atomic E-state index is 12.2. The smallest absolute Gasteiger partial charge is 0.345 e. The van der Waals surface area contributed by atoms with Gasteiger partial charge in [0, 0.05) is 30.4 Å². The van der Waals surface area contributed by atoms with Crippen LogP contribution in [0.3, 0.4) is 0 Å². The number of aromatic nitrogens is 4. The largest absolute Gasteiger partial charge is 0.496 e. The lowest BCUT2D eigenvalue weighted by atomic mass is 10.1. The minimum absolute atomic E-state index is 0.242. The highest BCUT2D eigenvalue weighted by atomic mass is 16.5. The average molecular weight is 406 g/mol. The molecule has 2 aromatic heterocycles. The molecule has 4 aromatic rings. The monoisotopic (exact) mass is 406 g/mol. The van der Waals surface area contributed by atoms with Crippen LogP contribution in [-0.4, -0.2) is 46.6 Å². The average Bonchev–Trinajstić information content (AvgIpc) is 3.44. The highest BCUT2D eigenvalue weighted by molar-refractivity contribution is 5.96. The van der Waals surface area contributed by atoms with E-state index in [4.69, 9.17) is 14.2 Å². The molecular formula is C22H22N4O4. The Morgan fingerprint density at radius 2 is 1.77 bits per heavy atom. The molecule has 0 bridgehead atoms. The van der Waals surface area contributed by atoms with Crippen LogP contribution in [0.2, 0.25) is 0 Å². The van der Waals surface area contributed by atoms with Crippen molar-refractivity contribution in [1.82, 2.24) is 19.3 Å². The molecule has 0 saturated carbocycles. The van der Waals surface area contributed by atoms with E-state index in [1.54, 1.807) is 18.5 Å². The molecule has 0 N–H and O–H groups in total. The topological polar surface area (TPSA) is 80.4 Å². The van der Waals surface area contributed by atoms with Gasteiger partial charge in [-0.05, 0) is 24.6 Å². The summed E-state index contributed by atoms with van der Waals surface area (Å²) in [6.07, 6.45) is 5.60. The van der Waals surface area contributed by atoms with Crippen LogP contribution < -0.4 is 9.47 Å². The first-order valence-corrected chi connectivity index (χ1v) is 9.44. The molecule has 0 spiro atoms. The lowest BCUT2D eigenvalue weighted by Crippen LogP contribution is -2.08. The quantitative estimate of drug-likeness (QED) is 0.454. The number of fused-ring (bicyclic) bond motifs is 1. The summed E-state index contributed by atoms with van der Waals surface area (Å²) in [6, 6.07) is 9.59. The Morgan fingerprint density at radius 3 is 2.37 bits per heavy atom. The van der Waals surface area contributed by atoms with Crippen molar-refractivity contribution in [1.29, 1.82) is 0 Å². The van der Waals surface area contributed by atoms with E-state index in [0.29, 0.717) is 11.5 Å². The molecule has 2 aromatic carbocycles. The first-order valence-electron chi connectivity index (χ1n) is 9.44. The number of aryl methyl sites for hydroxylation is 1. The third kappa shape index (κ3) is 3.26. The van der Waals surface area contributed by atoms with Crippen LogP contribution in [0.15, 0.2) is 49.1 Å². The summed E-state index contributed by atoms with van der Waals surface area (Å²) in [5.74, 6) is 0.200. The predicted molar refractivity (Wildman–Crippen MR) is 112 cm³/mol. The number of hydrogen-bond acceptors (Lipinski definition) is 6. The zero-order valence-electron chi connectivity index (χ0n) is 17.2. The molecule has 0 aliphatic carbocycles. The highest BCUT2D eigenvalue weighted by Crippen LogP contribution is 2.34. The number of carbonyl (C=O) groups is 1. The SMILES string of the molecule is CCn1cc(-c2ccc3c(c2)ncn3-c2cc(OC)c(C(=O)OC)c(OC)c2)cn1. The lowest BCUT2D eigenvalue weighted by Gasteiger charge is -2.14. The number of imidazole rings is 1. The van der Waals surface area contributed by atoms with Gasteiger partial charge in [0.1, 0.15) is 23.4 Å². The van der Waals surface area contributed by atoms with Crippen molar-refractivity contribution in [2.24, 2.45) is 0 Å². The molecule has 154 valence electrons. The van der Waals surface area contributed by atoms with Crippen molar-refractivity contribution in [3.8, 4) is 28.3 Å². The number of ether oxygens (including phenoxy) is 3. The van der Waals surface area contributed by atoms with Crippen LogP contribution >= 0.6 is 0 Å². The molecular weight excluding hydrogens is 384 g/mol. The van der Waals surface area contributed by atoms with Crippen LogP contribution in [0.25, 0.3) is 27.8 Å². The molecule has 0 aliphatic rings. The van der Waals surface area contributed by atoms with Crippen molar-refractivity contribution in [3.63, 3.8) is 0 Å². The molecule has 0 atom stereocenters. The minimum Gasteiger partial charge on any atom is -0.496 e. The van der Waals surface area contributed by atoms with E-state index in [1.807, 2.05) is 39.8 Å². The van der Waals surface area contributed by atoms with Crippen molar-refractivity contribution in [3.05, 3.63) is 54.6 Å². The molecule has 0 saturated heterocycles. The van der Waals surface area contributed by atoms with Crippen LogP contribution in [-0.2, 0) is 11.3 Å². The Labute approximate surface area is 173 Å². The first kappa shape index (κ1) is 19.5. The zero-order valence-corrected chi connectivity index (χ0v) is 17.2. The Morgan fingerprint density at radius 1 is 1.03 bits per heavy atom. The van der Waals surface area contributed by atoms with Crippen LogP contribution in [0, 0.1) is 0 Å². The second-order valence-electron chi connectivity index (χ2n) is 6.62. The minimum atomic E-state index is -0.525. The third-order valence-electron chi connectivity index (χ3n) is 5.00. The molecule has 8 heteroatoms. The number of hydrogen-bond donors (Lipinski definition) is 0. The number of methoxy groups -OCH3 is 3. The number of rotatable bonds is 6. The van der Waals surface area contributed by atoms with Crippen molar-refractivity contribution < 1.29 is 19.0 Å². The van der Waals surface area contributed by atoms with Crippen LogP contribution in [0.5, 0.6) is 11.5 Å². The summed E-state index contributed by atoms with van der Waals surface area (Å²) < 4.78 is 19.5. The maximum Gasteiger partial charge on any atom is 0.345 e. The molecule has 0 fully saturated rings. The van der Waals surface area contributed by atoms with Crippen molar-refractivity contribution in [2.75, 3.05) is 21.3 Å². The number of benzene rings is 2. The molecule has 8 nitrogen and oxygen atoms in total. The Kier molecular flexibility index (Phi) is 5.14. The number of esters is 1. The molecule has 0 amide bonds. The molecule has 2 heterocycles. The van der Waals surface area contributed by atoms with Gasteiger partial charge in [-0.2, -0.15) is 5.10 Å². The second-order valence-corrected chi connectivity index (χ2v) is 6.62. The number of nitrogens with zero attached hydrogens (tertiary/aromatic N) is 4. The Bertz CT molecular complexity index is 1200. The van der Waals surface area contributed by atoms with E-state index in [2.05, 4.69) is 17.0 Å². The fraction of sp³-hybridized carbons (Fsp3) is 0.227. The van der Waals surface area contributed by atoms with E-state index in [-0.39, 0.29) is 5.56 Å². The summed E-state index contributed by atoms with van der Waals surface area (Å²) in [7, 11) is 4.32. The second kappa shape index (κ2) is 7.90. The van der Waals surface area contributed by atoms with Crippen molar-refractivity contribution >= 4 is 17.0 Å². The molecule has 4 rings (SSSR count). The molecule has 30 heavy (non-hydrogen) atoms. The van der Waals surface area contributed by atoms with E-state index >= 15 is 0 Å². The molecule has 0 unspecified atom stereocenters. The van der Waals surface area contributed by atoms with Gasteiger partial charge in [0.2, 0.25) is 0 Å². The number of carbonyl (C=O) groups excluding carboxylic acids is 1. The summed E-state index contributed by atoms with van der Waals surface area (Å²) in [6.45, 7) is 2.87. The van der Waals surface area contributed by atoms with Crippen molar-refractivity contribution in [2.45, 2.75) is 13.5 Å². The fourth-order valence-corrected chi connectivity index (χ4v) is 3.42. The summed E-state index contributed by atoms with van der Waals surface area (Å²) in [5, 5.41) is 4.34. The third-order valence-corrected chi connectivity index (χ3v) is 5.00. The van der Waals surface area contributed by atoms with Gasteiger partial charge in [-0.25, -0.2) is 9.78 Å². The van der Waals surface area contributed by atoms with Gasteiger partial charge < -0.3 is 14.2 Å². The van der Waals surface area contributed by atoms with Gasteiger partial charge in [-0.15, -0.1) is 0 Å². The normalized spacial score (nSPS) is 10.9.